The number of anilines is 1. The van der Waals surface area contributed by atoms with Crippen molar-refractivity contribution in [3.05, 3.63) is 77.7 Å². The number of nitrogens with zero attached hydrogens (tertiary/aromatic N) is 2. The zero-order valence-corrected chi connectivity index (χ0v) is 18.0. The Morgan fingerprint density at radius 2 is 1.69 bits per heavy atom. The van der Waals surface area contributed by atoms with Gasteiger partial charge >= 0.3 is 0 Å². The second-order valence-electron chi connectivity index (χ2n) is 7.37. The van der Waals surface area contributed by atoms with Crippen LogP contribution in [0.15, 0.2) is 66.7 Å². The summed E-state index contributed by atoms with van der Waals surface area (Å²) in [6.45, 7) is 7.50. The van der Waals surface area contributed by atoms with Gasteiger partial charge in [-0.2, -0.15) is 0 Å². The van der Waals surface area contributed by atoms with Gasteiger partial charge in [-0.25, -0.2) is 9.56 Å². The fraction of sp³-hybridized carbons (Fsp3) is 0.280. The van der Waals surface area contributed by atoms with Gasteiger partial charge in [0, 0.05) is 37.2 Å². The minimum Gasteiger partial charge on any atom is -0.381 e. The van der Waals surface area contributed by atoms with Gasteiger partial charge in [-0.3, -0.25) is 0 Å². The van der Waals surface area contributed by atoms with E-state index in [-0.39, 0.29) is 0 Å². The Hall–Kier alpha value is -2.72. The summed E-state index contributed by atoms with van der Waals surface area (Å²) in [5.41, 5.74) is 4.54. The van der Waals surface area contributed by atoms with Crippen molar-refractivity contribution in [3.8, 4) is 10.6 Å². The monoisotopic (exact) mass is 402 g/mol. The lowest BCUT2D eigenvalue weighted by atomic mass is 10.2. The Balaban J connectivity index is 1.69. The molecule has 0 amide bonds. The number of nitrogens with one attached hydrogen (secondary N) is 1. The van der Waals surface area contributed by atoms with E-state index in [2.05, 4.69) is 84.4 Å². The average Bonchev–Trinajstić information content (AvgIpc) is 2.76. The number of aromatic nitrogens is 1. The largest absolute Gasteiger partial charge is 0.381 e. The molecule has 4 heteroatoms. The topological polar surface area (TPSA) is 27.9 Å². The molecule has 29 heavy (non-hydrogen) atoms. The summed E-state index contributed by atoms with van der Waals surface area (Å²) >= 11 is 1.83. The van der Waals surface area contributed by atoms with Gasteiger partial charge in [-0.05, 0) is 29.8 Å². The summed E-state index contributed by atoms with van der Waals surface area (Å²) in [4.78, 5) is 6.14. The predicted octanol–water partition coefficient (Wildman–Crippen LogP) is 5.61. The van der Waals surface area contributed by atoms with Crippen molar-refractivity contribution in [2.75, 3.05) is 18.4 Å². The Morgan fingerprint density at radius 1 is 0.897 bits per heavy atom. The lowest BCUT2D eigenvalue weighted by Gasteiger charge is -2.10. The maximum Gasteiger partial charge on any atom is 0.201 e. The van der Waals surface area contributed by atoms with Gasteiger partial charge in [0.1, 0.15) is 13.1 Å². The molecule has 1 aliphatic carbocycles. The lowest BCUT2D eigenvalue weighted by Crippen LogP contribution is -2.31. The van der Waals surface area contributed by atoms with Crippen LogP contribution in [0.2, 0.25) is 0 Å². The summed E-state index contributed by atoms with van der Waals surface area (Å²) in [6, 6.07) is 23.6. The molecule has 148 valence electrons. The highest BCUT2D eigenvalue weighted by Gasteiger charge is 2.11. The molecule has 0 fully saturated rings. The number of benzene rings is 3. The fourth-order valence-electron chi connectivity index (χ4n) is 3.63. The molecule has 0 saturated heterocycles. The molecule has 1 aliphatic heterocycles. The van der Waals surface area contributed by atoms with E-state index >= 15 is 0 Å². The summed E-state index contributed by atoms with van der Waals surface area (Å²) in [6.07, 6.45) is 2.32. The highest BCUT2D eigenvalue weighted by Crippen LogP contribution is 2.31. The molecule has 0 aromatic heterocycles. The van der Waals surface area contributed by atoms with Crippen LogP contribution in [0.1, 0.15) is 32.3 Å². The standard InChI is InChI=1S/C25H27N3S/c1-3-14-28(15-4-2)21-11-13-23-25(17-21)29-24-16-20(10-12-22(24)27-23)26-18-19-8-6-5-7-9-19/h5-13,16-17H,3-4,14-15,18H2,1-2H3/p+1. The molecule has 2 aliphatic rings. The van der Waals surface area contributed by atoms with Gasteiger partial charge in [0.25, 0.3) is 0 Å². The highest BCUT2D eigenvalue weighted by molar-refractivity contribution is 7.21. The average molecular weight is 403 g/mol. The summed E-state index contributed by atoms with van der Waals surface area (Å²) in [5, 5.41) is 4.84. The number of hydrogen-bond donors (Lipinski definition) is 1. The first-order valence-corrected chi connectivity index (χ1v) is 11.3. The van der Waals surface area contributed by atoms with Crippen LogP contribution in [0.4, 0.5) is 5.69 Å². The van der Waals surface area contributed by atoms with Gasteiger partial charge in [0.05, 0.1) is 20.8 Å². The third kappa shape index (κ3) is 4.65. The Labute approximate surface area is 176 Å². The molecular formula is C25H28N3S+. The molecule has 1 heterocycles. The summed E-state index contributed by atoms with van der Waals surface area (Å²) < 4.78 is 3.69. The van der Waals surface area contributed by atoms with Crippen molar-refractivity contribution in [2.24, 2.45) is 0 Å². The molecule has 0 radical (unpaired) electrons. The highest BCUT2D eigenvalue weighted by atomic mass is 32.1. The first-order valence-electron chi connectivity index (χ1n) is 10.5. The van der Waals surface area contributed by atoms with Crippen molar-refractivity contribution in [1.29, 1.82) is 0 Å². The minimum absolute atomic E-state index is 0.825. The van der Waals surface area contributed by atoms with Gasteiger partial charge in [0.15, 0.2) is 0 Å². The van der Waals surface area contributed by atoms with Crippen molar-refractivity contribution >= 4 is 27.2 Å². The molecule has 0 bridgehead atoms. The van der Waals surface area contributed by atoms with Crippen LogP contribution in [0.25, 0.3) is 20.8 Å². The van der Waals surface area contributed by atoms with Crippen molar-refractivity contribution in [2.45, 2.75) is 33.2 Å². The molecule has 0 spiro atoms. The molecular weight excluding hydrogens is 374 g/mol. The van der Waals surface area contributed by atoms with E-state index in [4.69, 9.17) is 4.98 Å². The van der Waals surface area contributed by atoms with E-state index in [1.54, 1.807) is 0 Å². The van der Waals surface area contributed by atoms with Gasteiger partial charge in [-0.1, -0.05) is 44.2 Å². The minimum atomic E-state index is 0.825. The third-order valence-corrected chi connectivity index (χ3v) is 6.15. The Morgan fingerprint density at radius 3 is 2.45 bits per heavy atom. The summed E-state index contributed by atoms with van der Waals surface area (Å²) in [7, 11) is 0. The first-order chi connectivity index (χ1) is 14.3. The second kappa shape index (κ2) is 9.19. The second-order valence-corrected chi connectivity index (χ2v) is 8.46. The van der Waals surface area contributed by atoms with Gasteiger partial charge in [-0.15, -0.1) is 11.3 Å². The maximum atomic E-state index is 4.89. The molecule has 0 saturated carbocycles. The Kier molecular flexibility index (Phi) is 6.20. The van der Waals surface area contributed by atoms with Crippen LogP contribution >= 0.6 is 11.3 Å². The Bertz CT molecular complexity index is 1120. The molecule has 0 unspecified atom stereocenters. The summed E-state index contributed by atoms with van der Waals surface area (Å²) in [5.74, 6) is 0. The smallest absolute Gasteiger partial charge is 0.201 e. The fourth-order valence-corrected chi connectivity index (χ4v) is 4.67. The van der Waals surface area contributed by atoms with Crippen molar-refractivity contribution in [3.63, 3.8) is 0 Å². The van der Waals surface area contributed by atoms with Crippen LogP contribution in [-0.2, 0) is 6.54 Å². The predicted molar refractivity (Wildman–Crippen MR) is 126 cm³/mol. The number of hydrogen-bond acceptors (Lipinski definition) is 3. The van der Waals surface area contributed by atoms with E-state index in [0.717, 1.165) is 49.4 Å². The van der Waals surface area contributed by atoms with Gasteiger partial charge < -0.3 is 5.32 Å². The van der Waals surface area contributed by atoms with Crippen molar-refractivity contribution < 1.29 is 0 Å². The molecule has 2 aromatic rings. The zero-order chi connectivity index (χ0) is 20.1. The number of rotatable bonds is 7. The van der Waals surface area contributed by atoms with E-state index in [1.807, 2.05) is 17.4 Å². The first kappa shape index (κ1) is 19.6. The number of fused-ring (bicyclic) bond motifs is 2. The van der Waals surface area contributed by atoms with Crippen LogP contribution in [-0.4, -0.2) is 18.1 Å². The maximum absolute atomic E-state index is 4.89. The quantitative estimate of drug-likeness (QED) is 0.322. The third-order valence-electron chi connectivity index (χ3n) is 5.06. The molecule has 0 atom stereocenters. The van der Waals surface area contributed by atoms with Gasteiger partial charge in [0.2, 0.25) is 5.36 Å². The van der Waals surface area contributed by atoms with Crippen LogP contribution < -0.4 is 15.2 Å². The zero-order valence-electron chi connectivity index (χ0n) is 17.2. The van der Waals surface area contributed by atoms with E-state index in [1.165, 1.54) is 20.5 Å². The SMILES string of the molecule is CCC[N+](CCC)=c1ccc2nc3ccc(NCc4ccccc4)cc3sc-2c1. The molecule has 2 aromatic carbocycles. The van der Waals surface area contributed by atoms with Crippen LogP contribution in [0.3, 0.4) is 0 Å². The molecule has 3 nitrogen and oxygen atoms in total. The van der Waals surface area contributed by atoms with Crippen molar-refractivity contribution in [1.82, 2.24) is 9.56 Å². The van der Waals surface area contributed by atoms with E-state index < -0.39 is 0 Å². The molecule has 1 N–H and O–H groups in total. The van der Waals surface area contributed by atoms with Crippen LogP contribution in [0, 0.1) is 0 Å². The lowest BCUT2D eigenvalue weighted by molar-refractivity contribution is 0.557. The molecule has 4 rings (SSSR count). The van der Waals surface area contributed by atoms with Crippen LogP contribution in [0.5, 0.6) is 0 Å². The normalized spacial score (nSPS) is 11.1. The van der Waals surface area contributed by atoms with E-state index in [9.17, 15) is 0 Å². The van der Waals surface area contributed by atoms with E-state index in [0.29, 0.717) is 0 Å².